The van der Waals surface area contributed by atoms with E-state index in [9.17, 15) is 4.79 Å². The van der Waals surface area contributed by atoms with Crippen molar-refractivity contribution in [2.24, 2.45) is 5.73 Å². The summed E-state index contributed by atoms with van der Waals surface area (Å²) in [5.74, 6) is -0.155. The van der Waals surface area contributed by atoms with Crippen molar-refractivity contribution in [2.45, 2.75) is 32.9 Å². The monoisotopic (exact) mass is 236 g/mol. The Labute approximate surface area is 102 Å². The van der Waals surface area contributed by atoms with Crippen LogP contribution in [0.5, 0.6) is 0 Å². The predicted octanol–water partition coefficient (Wildman–Crippen LogP) is 0.954. The molecule has 1 rings (SSSR count). The van der Waals surface area contributed by atoms with Crippen molar-refractivity contribution >= 4 is 5.91 Å². The molecule has 1 atom stereocenters. The zero-order valence-corrected chi connectivity index (χ0v) is 10.4. The van der Waals surface area contributed by atoms with Crippen molar-refractivity contribution in [3.63, 3.8) is 0 Å². The summed E-state index contributed by atoms with van der Waals surface area (Å²) in [6.07, 6.45) is 0.710. The fraction of sp³-hybridized carbons (Fsp3) is 0.462. The van der Waals surface area contributed by atoms with Gasteiger partial charge < -0.3 is 16.2 Å². The molecule has 0 saturated heterocycles. The quantitative estimate of drug-likeness (QED) is 0.712. The van der Waals surface area contributed by atoms with E-state index in [4.69, 9.17) is 10.8 Å². The van der Waals surface area contributed by atoms with Crippen molar-refractivity contribution in [1.82, 2.24) is 5.32 Å². The molecule has 0 heterocycles. The van der Waals surface area contributed by atoms with Gasteiger partial charge in [-0.25, -0.2) is 0 Å². The number of nitrogens with one attached hydrogen (secondary N) is 1. The van der Waals surface area contributed by atoms with Gasteiger partial charge >= 0.3 is 0 Å². The van der Waals surface area contributed by atoms with Gasteiger partial charge in [0.25, 0.3) is 5.91 Å². The van der Waals surface area contributed by atoms with Crippen LogP contribution in [-0.4, -0.2) is 23.7 Å². The Morgan fingerprint density at radius 3 is 2.71 bits per heavy atom. The third kappa shape index (κ3) is 3.54. The van der Waals surface area contributed by atoms with E-state index in [1.807, 2.05) is 26.0 Å². The highest BCUT2D eigenvalue weighted by atomic mass is 16.3. The molecule has 4 heteroatoms. The summed E-state index contributed by atoms with van der Waals surface area (Å²) in [6.45, 7) is 4.29. The maximum atomic E-state index is 11.9. The van der Waals surface area contributed by atoms with Gasteiger partial charge in [0, 0.05) is 12.1 Å². The van der Waals surface area contributed by atoms with Crippen LogP contribution in [-0.2, 0) is 6.54 Å². The molecule has 4 N–H and O–H groups in total. The lowest BCUT2D eigenvalue weighted by atomic mass is 10.0. The average molecular weight is 236 g/mol. The van der Waals surface area contributed by atoms with Gasteiger partial charge in [0.1, 0.15) is 0 Å². The first-order valence-electron chi connectivity index (χ1n) is 5.83. The molecular weight excluding hydrogens is 216 g/mol. The number of aliphatic hydroxyl groups excluding tert-OH is 1. The van der Waals surface area contributed by atoms with Crippen molar-refractivity contribution in [1.29, 1.82) is 0 Å². The molecule has 0 spiro atoms. The number of carbonyl (C=O) groups is 1. The summed E-state index contributed by atoms with van der Waals surface area (Å²) >= 11 is 0. The van der Waals surface area contributed by atoms with Gasteiger partial charge in [-0.2, -0.15) is 0 Å². The molecule has 1 aromatic rings. The molecule has 1 aromatic carbocycles. The zero-order chi connectivity index (χ0) is 12.8. The van der Waals surface area contributed by atoms with Gasteiger partial charge in [-0.1, -0.05) is 13.0 Å². The number of aliphatic hydroxyl groups is 1. The first kappa shape index (κ1) is 13.7. The Morgan fingerprint density at radius 2 is 2.24 bits per heavy atom. The second-order valence-corrected chi connectivity index (χ2v) is 4.11. The number of amides is 1. The standard InChI is InChI=1S/C13H20N2O2/c1-3-12(8-16)15-13(17)10-4-5-11(7-14)9(2)6-10/h4-6,12,16H,3,7-8,14H2,1-2H3,(H,15,17). The van der Waals surface area contributed by atoms with Crippen LogP contribution in [0.1, 0.15) is 34.8 Å². The minimum absolute atomic E-state index is 0.0396. The third-order valence-corrected chi connectivity index (χ3v) is 2.87. The van der Waals surface area contributed by atoms with Crippen LogP contribution < -0.4 is 11.1 Å². The topological polar surface area (TPSA) is 75.3 Å². The molecule has 0 aromatic heterocycles. The van der Waals surface area contributed by atoms with E-state index in [-0.39, 0.29) is 18.6 Å². The fourth-order valence-corrected chi connectivity index (χ4v) is 1.61. The smallest absolute Gasteiger partial charge is 0.251 e. The van der Waals surface area contributed by atoms with Crippen molar-refractivity contribution < 1.29 is 9.90 Å². The molecule has 0 bridgehead atoms. The highest BCUT2D eigenvalue weighted by Gasteiger charge is 2.11. The van der Waals surface area contributed by atoms with E-state index in [1.54, 1.807) is 6.07 Å². The Balaban J connectivity index is 2.79. The van der Waals surface area contributed by atoms with Crippen LogP contribution in [0.2, 0.25) is 0 Å². The summed E-state index contributed by atoms with van der Waals surface area (Å²) in [5.41, 5.74) is 8.22. The van der Waals surface area contributed by atoms with Crippen LogP contribution in [0.25, 0.3) is 0 Å². The molecule has 0 aliphatic rings. The number of nitrogens with two attached hydrogens (primary N) is 1. The second kappa shape index (κ2) is 6.37. The molecule has 1 amide bonds. The largest absolute Gasteiger partial charge is 0.394 e. The van der Waals surface area contributed by atoms with Crippen LogP contribution in [0.3, 0.4) is 0 Å². The normalized spacial score (nSPS) is 12.2. The van der Waals surface area contributed by atoms with Gasteiger partial charge in [0.2, 0.25) is 0 Å². The number of carbonyl (C=O) groups excluding carboxylic acids is 1. The van der Waals surface area contributed by atoms with Gasteiger partial charge in [0.15, 0.2) is 0 Å². The van der Waals surface area contributed by atoms with Crippen LogP contribution in [0.4, 0.5) is 0 Å². The summed E-state index contributed by atoms with van der Waals surface area (Å²) in [6, 6.07) is 5.26. The Hall–Kier alpha value is -1.39. The molecule has 0 aliphatic carbocycles. The Morgan fingerprint density at radius 1 is 1.53 bits per heavy atom. The summed E-state index contributed by atoms with van der Waals surface area (Å²) in [4.78, 5) is 11.9. The molecule has 0 radical (unpaired) electrons. The maximum absolute atomic E-state index is 11.9. The molecule has 1 unspecified atom stereocenters. The molecule has 0 saturated carbocycles. The fourth-order valence-electron chi connectivity index (χ4n) is 1.61. The number of hydrogen-bond acceptors (Lipinski definition) is 3. The zero-order valence-electron chi connectivity index (χ0n) is 10.4. The van der Waals surface area contributed by atoms with Crippen molar-refractivity contribution in [3.8, 4) is 0 Å². The highest BCUT2D eigenvalue weighted by molar-refractivity contribution is 5.94. The second-order valence-electron chi connectivity index (χ2n) is 4.11. The summed E-state index contributed by atoms with van der Waals surface area (Å²) < 4.78 is 0. The van der Waals surface area contributed by atoms with Crippen LogP contribution in [0, 0.1) is 6.92 Å². The molecule has 0 fully saturated rings. The van der Waals surface area contributed by atoms with Gasteiger partial charge in [-0.05, 0) is 36.6 Å². The number of hydrogen-bond donors (Lipinski definition) is 3. The Kier molecular flexibility index (Phi) is 5.12. The van der Waals surface area contributed by atoms with Crippen LogP contribution in [0.15, 0.2) is 18.2 Å². The van der Waals surface area contributed by atoms with Gasteiger partial charge in [-0.3, -0.25) is 4.79 Å². The molecule has 94 valence electrons. The van der Waals surface area contributed by atoms with E-state index in [2.05, 4.69) is 5.32 Å². The van der Waals surface area contributed by atoms with E-state index < -0.39 is 0 Å². The van der Waals surface area contributed by atoms with Crippen molar-refractivity contribution in [3.05, 3.63) is 34.9 Å². The van der Waals surface area contributed by atoms with E-state index in [0.717, 1.165) is 11.1 Å². The first-order valence-corrected chi connectivity index (χ1v) is 5.83. The SMILES string of the molecule is CCC(CO)NC(=O)c1ccc(CN)c(C)c1. The minimum Gasteiger partial charge on any atom is -0.394 e. The van der Waals surface area contributed by atoms with Crippen molar-refractivity contribution in [2.75, 3.05) is 6.61 Å². The highest BCUT2D eigenvalue weighted by Crippen LogP contribution is 2.10. The third-order valence-electron chi connectivity index (χ3n) is 2.87. The molecule has 4 nitrogen and oxygen atoms in total. The number of aryl methyl sites for hydroxylation is 1. The molecule has 17 heavy (non-hydrogen) atoms. The lowest BCUT2D eigenvalue weighted by molar-refractivity contribution is 0.0915. The summed E-state index contributed by atoms with van der Waals surface area (Å²) in [7, 11) is 0. The Bertz CT molecular complexity index is 387. The number of rotatable bonds is 5. The van der Waals surface area contributed by atoms with E-state index in [0.29, 0.717) is 18.5 Å². The molecular formula is C13H20N2O2. The minimum atomic E-state index is -0.183. The van der Waals surface area contributed by atoms with Gasteiger partial charge in [0.05, 0.1) is 12.6 Å². The average Bonchev–Trinajstić information content (AvgIpc) is 2.35. The maximum Gasteiger partial charge on any atom is 0.251 e. The molecule has 0 aliphatic heterocycles. The summed E-state index contributed by atoms with van der Waals surface area (Å²) in [5, 5.41) is 11.8. The van der Waals surface area contributed by atoms with E-state index in [1.165, 1.54) is 0 Å². The van der Waals surface area contributed by atoms with Gasteiger partial charge in [-0.15, -0.1) is 0 Å². The predicted molar refractivity (Wildman–Crippen MR) is 67.7 cm³/mol. The lowest BCUT2D eigenvalue weighted by Crippen LogP contribution is -2.36. The van der Waals surface area contributed by atoms with E-state index >= 15 is 0 Å². The first-order chi connectivity index (χ1) is 8.12. The number of benzene rings is 1. The lowest BCUT2D eigenvalue weighted by Gasteiger charge is -2.14. The van der Waals surface area contributed by atoms with Crippen LogP contribution >= 0.6 is 0 Å².